The highest BCUT2D eigenvalue weighted by Crippen LogP contribution is 2.05. The summed E-state index contributed by atoms with van der Waals surface area (Å²) >= 11 is 0. The van der Waals surface area contributed by atoms with Crippen LogP contribution in [0.4, 0.5) is 0 Å². The Morgan fingerprint density at radius 2 is 1.90 bits per heavy atom. The fourth-order valence-corrected chi connectivity index (χ4v) is 0.784. The second-order valence-corrected chi connectivity index (χ2v) is 2.24. The van der Waals surface area contributed by atoms with E-state index in [1.165, 1.54) is 5.57 Å². The van der Waals surface area contributed by atoms with Gasteiger partial charge in [-0.2, -0.15) is 0 Å². The summed E-state index contributed by atoms with van der Waals surface area (Å²) in [6, 6.07) is 0. The van der Waals surface area contributed by atoms with E-state index in [1.807, 2.05) is 6.08 Å². The van der Waals surface area contributed by atoms with E-state index < -0.39 is 0 Å². The van der Waals surface area contributed by atoms with E-state index in [0.717, 1.165) is 12.8 Å². The number of nitrogens with two attached hydrogens (primary N) is 1. The normalized spacial score (nSPS) is 9.00. The zero-order valence-corrected chi connectivity index (χ0v) is 6.68. The van der Waals surface area contributed by atoms with Crippen LogP contribution >= 0.6 is 0 Å². The van der Waals surface area contributed by atoms with E-state index in [0.29, 0.717) is 6.42 Å². The molecule has 0 unspecified atom stereocenters. The number of carbonyl (C=O) groups excluding carboxylic acids is 1. The van der Waals surface area contributed by atoms with Gasteiger partial charge >= 0.3 is 0 Å². The van der Waals surface area contributed by atoms with Gasteiger partial charge in [0.1, 0.15) is 0 Å². The standard InChI is InChI=1S/C8H15NO/c1-3-7(4-2)5-6-8(9)10/h5H,3-4,6H2,1-2H3,(H2,9,10). The van der Waals surface area contributed by atoms with Crippen LogP contribution in [0.1, 0.15) is 33.1 Å². The molecule has 0 fully saturated rings. The minimum absolute atomic E-state index is 0.251. The first-order valence-corrected chi connectivity index (χ1v) is 3.66. The molecule has 0 saturated heterocycles. The number of carbonyl (C=O) groups is 1. The lowest BCUT2D eigenvalue weighted by Gasteiger charge is -1.96. The third-order valence-corrected chi connectivity index (χ3v) is 1.50. The average molecular weight is 141 g/mol. The van der Waals surface area contributed by atoms with E-state index in [1.54, 1.807) is 0 Å². The molecule has 10 heavy (non-hydrogen) atoms. The SMILES string of the molecule is CCC(=CCC(N)=O)CC. The topological polar surface area (TPSA) is 43.1 Å². The molecule has 0 saturated carbocycles. The Morgan fingerprint density at radius 1 is 1.40 bits per heavy atom. The Labute approximate surface area is 62.1 Å². The second kappa shape index (κ2) is 5.03. The first kappa shape index (κ1) is 9.21. The van der Waals surface area contributed by atoms with Crippen molar-refractivity contribution in [3.05, 3.63) is 11.6 Å². The first-order valence-electron chi connectivity index (χ1n) is 3.66. The van der Waals surface area contributed by atoms with Crippen LogP contribution in [-0.4, -0.2) is 5.91 Å². The fourth-order valence-electron chi connectivity index (χ4n) is 0.784. The summed E-state index contributed by atoms with van der Waals surface area (Å²) in [5, 5.41) is 0. The molecular formula is C8H15NO. The molecule has 0 aliphatic heterocycles. The van der Waals surface area contributed by atoms with Gasteiger partial charge in [0, 0.05) is 6.42 Å². The number of hydrogen-bond acceptors (Lipinski definition) is 1. The van der Waals surface area contributed by atoms with Gasteiger partial charge in [0.05, 0.1) is 0 Å². The summed E-state index contributed by atoms with van der Waals surface area (Å²) < 4.78 is 0. The molecule has 0 aliphatic carbocycles. The molecule has 2 N–H and O–H groups in total. The van der Waals surface area contributed by atoms with Crippen molar-refractivity contribution < 1.29 is 4.79 Å². The van der Waals surface area contributed by atoms with E-state index in [-0.39, 0.29) is 5.91 Å². The minimum Gasteiger partial charge on any atom is -0.369 e. The van der Waals surface area contributed by atoms with Crippen molar-refractivity contribution in [2.75, 3.05) is 0 Å². The van der Waals surface area contributed by atoms with E-state index in [9.17, 15) is 4.79 Å². The van der Waals surface area contributed by atoms with Crippen LogP contribution in [-0.2, 0) is 4.79 Å². The van der Waals surface area contributed by atoms with E-state index in [2.05, 4.69) is 13.8 Å². The summed E-state index contributed by atoms with van der Waals surface area (Å²) in [5.41, 5.74) is 6.27. The largest absolute Gasteiger partial charge is 0.369 e. The van der Waals surface area contributed by atoms with Crippen molar-refractivity contribution >= 4 is 5.91 Å². The summed E-state index contributed by atoms with van der Waals surface area (Å²) in [6.07, 6.45) is 4.34. The lowest BCUT2D eigenvalue weighted by atomic mass is 10.1. The highest BCUT2D eigenvalue weighted by Gasteiger charge is 1.91. The van der Waals surface area contributed by atoms with Crippen LogP contribution in [0, 0.1) is 0 Å². The quantitative estimate of drug-likeness (QED) is 0.594. The van der Waals surface area contributed by atoms with Gasteiger partial charge in [-0.25, -0.2) is 0 Å². The summed E-state index contributed by atoms with van der Waals surface area (Å²) in [4.78, 5) is 10.3. The molecule has 0 rings (SSSR count). The monoisotopic (exact) mass is 141 g/mol. The maximum Gasteiger partial charge on any atom is 0.221 e. The Bertz CT molecular complexity index is 132. The molecule has 0 aromatic heterocycles. The summed E-state index contributed by atoms with van der Waals surface area (Å²) in [6.45, 7) is 4.16. The predicted octanol–water partition coefficient (Wildman–Crippen LogP) is 1.61. The number of primary amides is 1. The Balaban J connectivity index is 3.74. The van der Waals surface area contributed by atoms with Crippen molar-refractivity contribution in [1.29, 1.82) is 0 Å². The lowest BCUT2D eigenvalue weighted by molar-refractivity contribution is -0.117. The van der Waals surface area contributed by atoms with Gasteiger partial charge in [-0.15, -0.1) is 0 Å². The van der Waals surface area contributed by atoms with Crippen LogP contribution in [0.2, 0.25) is 0 Å². The maximum absolute atomic E-state index is 10.3. The van der Waals surface area contributed by atoms with Gasteiger partial charge in [-0.05, 0) is 12.8 Å². The molecule has 0 spiro atoms. The molecule has 0 aliphatic rings. The second-order valence-electron chi connectivity index (χ2n) is 2.24. The van der Waals surface area contributed by atoms with Gasteiger partial charge in [-0.1, -0.05) is 25.5 Å². The van der Waals surface area contributed by atoms with Crippen LogP contribution in [0.3, 0.4) is 0 Å². The Kier molecular flexibility index (Phi) is 4.63. The first-order chi connectivity index (χ1) is 4.70. The molecule has 0 aromatic carbocycles. The molecule has 0 bridgehead atoms. The van der Waals surface area contributed by atoms with Gasteiger partial charge in [0.2, 0.25) is 5.91 Å². The number of amides is 1. The van der Waals surface area contributed by atoms with Gasteiger partial charge < -0.3 is 5.73 Å². The fraction of sp³-hybridized carbons (Fsp3) is 0.625. The molecule has 2 heteroatoms. The minimum atomic E-state index is -0.251. The van der Waals surface area contributed by atoms with Crippen molar-refractivity contribution in [2.45, 2.75) is 33.1 Å². The van der Waals surface area contributed by atoms with Crippen molar-refractivity contribution in [2.24, 2.45) is 5.73 Å². The van der Waals surface area contributed by atoms with Gasteiger partial charge in [0.25, 0.3) is 0 Å². The van der Waals surface area contributed by atoms with Crippen molar-refractivity contribution in [1.82, 2.24) is 0 Å². The smallest absolute Gasteiger partial charge is 0.221 e. The molecule has 0 heterocycles. The van der Waals surface area contributed by atoms with E-state index in [4.69, 9.17) is 5.73 Å². The molecule has 1 amide bonds. The molecule has 0 aromatic rings. The Hall–Kier alpha value is -0.790. The molecule has 58 valence electrons. The summed E-state index contributed by atoms with van der Waals surface area (Å²) in [5.74, 6) is -0.251. The van der Waals surface area contributed by atoms with Gasteiger partial charge in [-0.3, -0.25) is 4.79 Å². The van der Waals surface area contributed by atoms with Crippen LogP contribution in [0.25, 0.3) is 0 Å². The molecule has 0 atom stereocenters. The number of allylic oxidation sites excluding steroid dienone is 1. The average Bonchev–Trinajstić information content (AvgIpc) is 1.90. The van der Waals surface area contributed by atoms with Gasteiger partial charge in [0.15, 0.2) is 0 Å². The van der Waals surface area contributed by atoms with Crippen LogP contribution < -0.4 is 5.73 Å². The Morgan fingerprint density at radius 3 is 2.20 bits per heavy atom. The van der Waals surface area contributed by atoms with Crippen LogP contribution in [0.5, 0.6) is 0 Å². The number of rotatable bonds is 4. The third kappa shape index (κ3) is 4.13. The molecule has 0 radical (unpaired) electrons. The third-order valence-electron chi connectivity index (χ3n) is 1.50. The van der Waals surface area contributed by atoms with E-state index >= 15 is 0 Å². The zero-order chi connectivity index (χ0) is 7.98. The zero-order valence-electron chi connectivity index (χ0n) is 6.68. The highest BCUT2D eigenvalue weighted by molar-refractivity contribution is 5.75. The van der Waals surface area contributed by atoms with Crippen molar-refractivity contribution in [3.63, 3.8) is 0 Å². The van der Waals surface area contributed by atoms with Crippen molar-refractivity contribution in [3.8, 4) is 0 Å². The predicted molar refractivity (Wildman–Crippen MR) is 42.5 cm³/mol. The number of hydrogen-bond donors (Lipinski definition) is 1. The molecular weight excluding hydrogens is 126 g/mol. The van der Waals surface area contributed by atoms with Crippen LogP contribution in [0.15, 0.2) is 11.6 Å². The lowest BCUT2D eigenvalue weighted by Crippen LogP contribution is -2.08. The maximum atomic E-state index is 10.3. The molecule has 2 nitrogen and oxygen atoms in total. The highest BCUT2D eigenvalue weighted by atomic mass is 16.1. The summed E-state index contributed by atoms with van der Waals surface area (Å²) in [7, 11) is 0.